The molecule has 0 bridgehead atoms. The molecule has 0 atom stereocenters. The van der Waals surface area contributed by atoms with Crippen LogP contribution in [0.15, 0.2) is 36.5 Å². The van der Waals surface area contributed by atoms with E-state index in [4.69, 9.17) is 16.3 Å². The lowest BCUT2D eigenvalue weighted by atomic mass is 10.2. The third-order valence-electron chi connectivity index (χ3n) is 3.33. The third kappa shape index (κ3) is 5.13. The zero-order valence-electron chi connectivity index (χ0n) is 13.9. The van der Waals surface area contributed by atoms with Crippen molar-refractivity contribution >= 4 is 23.2 Å². The molecule has 2 N–H and O–H groups in total. The monoisotopic (exact) mass is 347 g/mol. The summed E-state index contributed by atoms with van der Waals surface area (Å²) in [6, 6.07) is 9.10. The fraction of sp³-hybridized carbons (Fsp3) is 0.333. The molecule has 1 aromatic heterocycles. The van der Waals surface area contributed by atoms with Gasteiger partial charge in [0.25, 0.3) is 5.91 Å². The second-order valence-electron chi connectivity index (χ2n) is 5.22. The molecule has 5 nitrogen and oxygen atoms in total. The summed E-state index contributed by atoms with van der Waals surface area (Å²) in [4.78, 5) is 16.3. The number of benzene rings is 1. The van der Waals surface area contributed by atoms with E-state index in [9.17, 15) is 4.79 Å². The maximum Gasteiger partial charge on any atom is 0.252 e. The molecule has 0 unspecified atom stereocenters. The van der Waals surface area contributed by atoms with Crippen LogP contribution >= 0.6 is 11.6 Å². The van der Waals surface area contributed by atoms with E-state index < -0.39 is 0 Å². The van der Waals surface area contributed by atoms with Crippen LogP contribution in [0.25, 0.3) is 0 Å². The highest BCUT2D eigenvalue weighted by molar-refractivity contribution is 6.34. The highest BCUT2D eigenvalue weighted by Crippen LogP contribution is 2.21. The van der Waals surface area contributed by atoms with Crippen LogP contribution in [0, 0.1) is 0 Å². The number of pyridine rings is 1. The molecular weight excluding hydrogens is 326 g/mol. The van der Waals surface area contributed by atoms with Crippen LogP contribution in [-0.4, -0.2) is 24.0 Å². The molecule has 1 amide bonds. The molecule has 24 heavy (non-hydrogen) atoms. The minimum Gasteiger partial charge on any atom is -0.492 e. The Morgan fingerprint density at radius 1 is 1.25 bits per heavy atom. The molecule has 6 heteroatoms. The lowest BCUT2D eigenvalue weighted by Crippen LogP contribution is -2.24. The number of rotatable bonds is 8. The number of carbonyl (C=O) groups is 1. The number of ether oxygens (including phenoxy) is 1. The van der Waals surface area contributed by atoms with Gasteiger partial charge in [-0.2, -0.15) is 0 Å². The lowest BCUT2D eigenvalue weighted by Gasteiger charge is -2.10. The predicted octanol–water partition coefficient (Wildman–Crippen LogP) is 3.89. The van der Waals surface area contributed by atoms with E-state index in [0.717, 1.165) is 23.6 Å². The highest BCUT2D eigenvalue weighted by Gasteiger charge is 2.10. The zero-order valence-corrected chi connectivity index (χ0v) is 14.7. The van der Waals surface area contributed by atoms with E-state index in [0.29, 0.717) is 30.3 Å². The second kappa shape index (κ2) is 9.13. The molecule has 1 heterocycles. The summed E-state index contributed by atoms with van der Waals surface area (Å²) in [5.74, 6) is 0.605. The molecule has 0 saturated carbocycles. The van der Waals surface area contributed by atoms with E-state index in [1.807, 2.05) is 32.0 Å². The summed E-state index contributed by atoms with van der Waals surface area (Å²) in [5, 5.41) is 6.48. The number of hydrogen-bond donors (Lipinski definition) is 2. The Morgan fingerprint density at radius 2 is 2.08 bits per heavy atom. The first-order chi connectivity index (χ1) is 11.6. The van der Waals surface area contributed by atoms with Gasteiger partial charge in [-0.15, -0.1) is 0 Å². The molecule has 128 valence electrons. The first-order valence-corrected chi connectivity index (χ1v) is 8.41. The minimum absolute atomic E-state index is 0.151. The molecule has 2 rings (SSSR count). The van der Waals surface area contributed by atoms with Crippen LogP contribution in [0.4, 0.5) is 5.69 Å². The fourth-order valence-corrected chi connectivity index (χ4v) is 2.37. The summed E-state index contributed by atoms with van der Waals surface area (Å²) in [5.41, 5.74) is 2.21. The Bertz CT molecular complexity index is 674. The topological polar surface area (TPSA) is 63.2 Å². The van der Waals surface area contributed by atoms with E-state index >= 15 is 0 Å². The van der Waals surface area contributed by atoms with Gasteiger partial charge in [0.1, 0.15) is 5.75 Å². The summed E-state index contributed by atoms with van der Waals surface area (Å²) < 4.78 is 5.36. The Hall–Kier alpha value is -2.27. The standard InChI is InChI=1S/C18H22ClN3O2/c1-3-9-20-18(23)16-8-6-13(10-17(16)19)21-11-14-5-7-15(12-22-14)24-4-2/h5-8,10,12,21H,3-4,9,11H2,1-2H3,(H,20,23). The van der Waals surface area contributed by atoms with Gasteiger partial charge in [0.05, 0.1) is 35.6 Å². The molecule has 0 aliphatic rings. The van der Waals surface area contributed by atoms with Crippen molar-refractivity contribution in [3.8, 4) is 5.75 Å². The average molecular weight is 348 g/mol. The maximum absolute atomic E-state index is 12.0. The molecule has 1 aromatic carbocycles. The van der Waals surface area contributed by atoms with Crippen LogP contribution < -0.4 is 15.4 Å². The van der Waals surface area contributed by atoms with Gasteiger partial charge in [0, 0.05) is 12.2 Å². The van der Waals surface area contributed by atoms with E-state index in [-0.39, 0.29) is 5.91 Å². The van der Waals surface area contributed by atoms with Crippen LogP contribution in [0.5, 0.6) is 5.75 Å². The van der Waals surface area contributed by atoms with Crippen LogP contribution in [0.1, 0.15) is 36.3 Å². The smallest absolute Gasteiger partial charge is 0.252 e. The van der Waals surface area contributed by atoms with Gasteiger partial charge < -0.3 is 15.4 Å². The van der Waals surface area contributed by atoms with Crippen molar-refractivity contribution in [3.05, 3.63) is 52.8 Å². The van der Waals surface area contributed by atoms with Crippen molar-refractivity contribution < 1.29 is 9.53 Å². The number of nitrogens with zero attached hydrogens (tertiary/aromatic N) is 1. The Morgan fingerprint density at radius 3 is 2.71 bits per heavy atom. The van der Waals surface area contributed by atoms with Gasteiger partial charge in [-0.3, -0.25) is 9.78 Å². The van der Waals surface area contributed by atoms with Crippen molar-refractivity contribution in [2.45, 2.75) is 26.8 Å². The third-order valence-corrected chi connectivity index (χ3v) is 3.64. The molecule has 0 fully saturated rings. The second-order valence-corrected chi connectivity index (χ2v) is 5.63. The normalized spacial score (nSPS) is 10.3. The van der Waals surface area contributed by atoms with Crippen LogP contribution in [0.2, 0.25) is 5.02 Å². The summed E-state index contributed by atoms with van der Waals surface area (Å²) >= 11 is 6.21. The molecule has 0 radical (unpaired) electrons. The van der Waals surface area contributed by atoms with Crippen LogP contribution in [0.3, 0.4) is 0 Å². The maximum atomic E-state index is 12.0. The van der Waals surface area contributed by atoms with Gasteiger partial charge in [-0.05, 0) is 43.7 Å². The largest absolute Gasteiger partial charge is 0.492 e. The van der Waals surface area contributed by atoms with Gasteiger partial charge in [-0.1, -0.05) is 18.5 Å². The van der Waals surface area contributed by atoms with E-state index in [1.165, 1.54) is 0 Å². The highest BCUT2D eigenvalue weighted by atomic mass is 35.5. The van der Waals surface area contributed by atoms with Gasteiger partial charge in [-0.25, -0.2) is 0 Å². The summed E-state index contributed by atoms with van der Waals surface area (Å²) in [6.07, 6.45) is 2.59. The molecule has 0 spiro atoms. The number of carbonyl (C=O) groups excluding carboxylic acids is 1. The Kier molecular flexibility index (Phi) is 6.88. The van der Waals surface area contributed by atoms with E-state index in [1.54, 1.807) is 18.3 Å². The quantitative estimate of drug-likeness (QED) is 0.760. The van der Waals surface area contributed by atoms with Crippen molar-refractivity contribution in [1.82, 2.24) is 10.3 Å². The first-order valence-electron chi connectivity index (χ1n) is 8.03. The number of anilines is 1. The summed E-state index contributed by atoms with van der Waals surface area (Å²) in [7, 11) is 0. The van der Waals surface area contributed by atoms with Crippen molar-refractivity contribution in [3.63, 3.8) is 0 Å². The predicted molar refractivity (Wildman–Crippen MR) is 96.8 cm³/mol. The average Bonchev–Trinajstić information content (AvgIpc) is 2.59. The van der Waals surface area contributed by atoms with Crippen molar-refractivity contribution in [2.24, 2.45) is 0 Å². The molecular formula is C18H22ClN3O2. The number of hydrogen-bond acceptors (Lipinski definition) is 4. The number of nitrogens with one attached hydrogen (secondary N) is 2. The number of amides is 1. The molecule has 0 saturated heterocycles. The summed E-state index contributed by atoms with van der Waals surface area (Å²) in [6.45, 7) is 5.76. The van der Waals surface area contributed by atoms with Crippen molar-refractivity contribution in [2.75, 3.05) is 18.5 Å². The zero-order chi connectivity index (χ0) is 17.4. The molecule has 0 aliphatic heterocycles. The van der Waals surface area contributed by atoms with Gasteiger partial charge in [0.2, 0.25) is 0 Å². The van der Waals surface area contributed by atoms with E-state index in [2.05, 4.69) is 15.6 Å². The SMILES string of the molecule is CCCNC(=O)c1ccc(NCc2ccc(OCC)cn2)cc1Cl. The number of halogens is 1. The first kappa shape index (κ1) is 18.1. The van der Waals surface area contributed by atoms with Gasteiger partial charge >= 0.3 is 0 Å². The Labute approximate surface area is 147 Å². The minimum atomic E-state index is -0.151. The number of aromatic nitrogens is 1. The van der Waals surface area contributed by atoms with Crippen molar-refractivity contribution in [1.29, 1.82) is 0 Å². The molecule has 0 aliphatic carbocycles. The molecule has 2 aromatic rings. The Balaban J connectivity index is 1.95. The fourth-order valence-electron chi connectivity index (χ4n) is 2.10. The lowest BCUT2D eigenvalue weighted by molar-refractivity contribution is 0.0954. The van der Waals surface area contributed by atoms with Gasteiger partial charge in [0.15, 0.2) is 0 Å². The van der Waals surface area contributed by atoms with Crippen LogP contribution in [-0.2, 0) is 6.54 Å².